The van der Waals surface area contributed by atoms with Crippen LogP contribution in [-0.2, 0) is 14.3 Å². The van der Waals surface area contributed by atoms with Gasteiger partial charge in [-0.05, 0) is 27.7 Å². The van der Waals surface area contributed by atoms with Crippen LogP contribution in [-0.4, -0.2) is 42.3 Å². The maximum Gasteiger partial charge on any atom is 0.410 e. The minimum absolute atomic E-state index is 0.163. The Hall–Kier alpha value is -1.26. The third kappa shape index (κ3) is 3.89. The molecule has 1 fully saturated rings. The van der Waals surface area contributed by atoms with Gasteiger partial charge in [-0.1, -0.05) is 6.92 Å². The van der Waals surface area contributed by atoms with E-state index in [-0.39, 0.29) is 23.9 Å². The van der Waals surface area contributed by atoms with Gasteiger partial charge in [-0.2, -0.15) is 0 Å². The average molecular weight is 257 g/mol. The Morgan fingerprint density at radius 1 is 1.33 bits per heavy atom. The van der Waals surface area contributed by atoms with Gasteiger partial charge in [0.1, 0.15) is 5.60 Å². The second kappa shape index (κ2) is 5.59. The minimum atomic E-state index is -0.477. The van der Waals surface area contributed by atoms with Crippen LogP contribution < -0.4 is 0 Å². The molecule has 1 saturated heterocycles. The first kappa shape index (κ1) is 14.8. The Kier molecular flexibility index (Phi) is 4.59. The summed E-state index contributed by atoms with van der Waals surface area (Å²) in [6.07, 6.45) is -0.310. The van der Waals surface area contributed by atoms with Crippen LogP contribution in [0.5, 0.6) is 0 Å². The maximum absolute atomic E-state index is 11.7. The molecule has 1 amide bonds. The lowest BCUT2D eigenvalue weighted by Crippen LogP contribution is -2.54. The number of carbonyl (C=O) groups is 2. The fraction of sp³-hybridized carbons (Fsp3) is 0.846. The van der Waals surface area contributed by atoms with Crippen molar-refractivity contribution in [3.63, 3.8) is 0 Å². The molecule has 1 aliphatic rings. The highest BCUT2D eigenvalue weighted by molar-refractivity contribution is 5.74. The molecule has 0 bridgehead atoms. The van der Waals surface area contributed by atoms with Crippen molar-refractivity contribution in [2.75, 3.05) is 19.7 Å². The zero-order chi connectivity index (χ0) is 13.9. The van der Waals surface area contributed by atoms with Crippen LogP contribution in [0.1, 0.15) is 34.6 Å². The Bertz CT molecular complexity index is 315. The molecule has 1 aliphatic heterocycles. The van der Waals surface area contributed by atoms with Crippen molar-refractivity contribution in [2.45, 2.75) is 40.2 Å². The molecular weight excluding hydrogens is 234 g/mol. The number of rotatable bonds is 3. The van der Waals surface area contributed by atoms with Gasteiger partial charge < -0.3 is 14.4 Å². The number of likely N-dealkylation sites (tertiary alicyclic amines) is 1. The van der Waals surface area contributed by atoms with E-state index in [1.54, 1.807) is 11.8 Å². The molecule has 0 unspecified atom stereocenters. The van der Waals surface area contributed by atoms with E-state index in [1.165, 1.54) is 0 Å². The lowest BCUT2D eigenvalue weighted by molar-refractivity contribution is -0.151. The zero-order valence-electron chi connectivity index (χ0n) is 11.9. The summed E-state index contributed by atoms with van der Waals surface area (Å²) >= 11 is 0. The van der Waals surface area contributed by atoms with Gasteiger partial charge in [-0.25, -0.2) is 4.79 Å². The lowest BCUT2D eigenvalue weighted by Gasteiger charge is -2.41. The molecule has 0 spiro atoms. The van der Waals surface area contributed by atoms with Gasteiger partial charge in [-0.15, -0.1) is 0 Å². The summed E-state index contributed by atoms with van der Waals surface area (Å²) in [4.78, 5) is 24.8. The maximum atomic E-state index is 11.7. The van der Waals surface area contributed by atoms with E-state index in [0.29, 0.717) is 19.7 Å². The second-order valence-corrected chi connectivity index (χ2v) is 5.69. The van der Waals surface area contributed by atoms with Crippen LogP contribution in [0.2, 0.25) is 0 Å². The minimum Gasteiger partial charge on any atom is -0.466 e. The molecule has 0 radical (unpaired) electrons. The molecule has 104 valence electrons. The van der Waals surface area contributed by atoms with E-state index in [4.69, 9.17) is 9.47 Å². The van der Waals surface area contributed by atoms with Crippen molar-refractivity contribution in [1.29, 1.82) is 0 Å². The van der Waals surface area contributed by atoms with E-state index in [0.717, 1.165) is 0 Å². The number of amides is 1. The molecule has 0 aromatic rings. The first-order chi connectivity index (χ1) is 8.24. The normalized spacial score (nSPS) is 17.9. The molecule has 0 aromatic heterocycles. The Morgan fingerprint density at radius 2 is 1.89 bits per heavy atom. The molecule has 1 rings (SSSR count). The molecule has 5 heteroatoms. The van der Waals surface area contributed by atoms with Gasteiger partial charge in [0.2, 0.25) is 0 Å². The summed E-state index contributed by atoms with van der Waals surface area (Å²) < 4.78 is 10.2. The monoisotopic (exact) mass is 257 g/mol. The van der Waals surface area contributed by atoms with Crippen molar-refractivity contribution in [3.05, 3.63) is 0 Å². The fourth-order valence-corrected chi connectivity index (χ4v) is 1.77. The third-order valence-electron chi connectivity index (χ3n) is 2.93. The summed E-state index contributed by atoms with van der Waals surface area (Å²) in [5, 5.41) is 0. The topological polar surface area (TPSA) is 55.8 Å². The van der Waals surface area contributed by atoms with E-state index < -0.39 is 5.60 Å². The Morgan fingerprint density at radius 3 is 2.33 bits per heavy atom. The van der Waals surface area contributed by atoms with Crippen LogP contribution in [0.25, 0.3) is 0 Å². The highest BCUT2D eigenvalue weighted by Crippen LogP contribution is 2.26. The SMILES string of the molecule is CCOC(=O)[C@H](C)C1CN(C(=O)OC(C)(C)C)C1. The van der Waals surface area contributed by atoms with Crippen LogP contribution in [0.4, 0.5) is 4.79 Å². The third-order valence-corrected chi connectivity index (χ3v) is 2.93. The van der Waals surface area contributed by atoms with E-state index in [2.05, 4.69) is 0 Å². The summed E-state index contributed by atoms with van der Waals surface area (Å²) in [7, 11) is 0. The smallest absolute Gasteiger partial charge is 0.410 e. The molecule has 0 saturated carbocycles. The zero-order valence-corrected chi connectivity index (χ0v) is 11.9. The number of hydrogen-bond acceptors (Lipinski definition) is 4. The number of nitrogens with zero attached hydrogens (tertiary/aromatic N) is 1. The van der Waals surface area contributed by atoms with Crippen molar-refractivity contribution in [3.8, 4) is 0 Å². The first-order valence-corrected chi connectivity index (χ1v) is 6.39. The summed E-state index contributed by atoms with van der Waals surface area (Å²) in [5.74, 6) is -0.174. The van der Waals surface area contributed by atoms with Crippen LogP contribution in [0.15, 0.2) is 0 Å². The largest absolute Gasteiger partial charge is 0.466 e. The number of carbonyl (C=O) groups excluding carboxylic acids is 2. The molecule has 1 atom stereocenters. The first-order valence-electron chi connectivity index (χ1n) is 6.39. The quantitative estimate of drug-likeness (QED) is 0.726. The van der Waals surface area contributed by atoms with Gasteiger partial charge in [0.25, 0.3) is 0 Å². The highest BCUT2D eigenvalue weighted by Gasteiger charge is 2.39. The van der Waals surface area contributed by atoms with Crippen molar-refractivity contribution in [2.24, 2.45) is 11.8 Å². The highest BCUT2D eigenvalue weighted by atomic mass is 16.6. The molecule has 0 aliphatic carbocycles. The number of esters is 1. The Balaban J connectivity index is 2.35. The van der Waals surface area contributed by atoms with Gasteiger partial charge in [0.05, 0.1) is 12.5 Å². The summed E-state index contributed by atoms with van der Waals surface area (Å²) in [6, 6.07) is 0. The number of ether oxygens (including phenoxy) is 2. The van der Waals surface area contributed by atoms with Crippen molar-refractivity contribution < 1.29 is 19.1 Å². The Labute approximate surface area is 108 Å². The van der Waals surface area contributed by atoms with Crippen LogP contribution in [0.3, 0.4) is 0 Å². The van der Waals surface area contributed by atoms with Gasteiger partial charge in [-0.3, -0.25) is 4.79 Å². The average Bonchev–Trinajstić information content (AvgIpc) is 2.12. The van der Waals surface area contributed by atoms with Crippen molar-refractivity contribution >= 4 is 12.1 Å². The van der Waals surface area contributed by atoms with Gasteiger partial charge >= 0.3 is 12.1 Å². The molecule has 1 heterocycles. The molecule has 0 N–H and O–H groups in total. The summed E-state index contributed by atoms with van der Waals surface area (Å²) in [6.45, 7) is 10.7. The predicted molar refractivity (Wildman–Crippen MR) is 67.1 cm³/mol. The van der Waals surface area contributed by atoms with Gasteiger partial charge in [0.15, 0.2) is 0 Å². The molecular formula is C13H23NO4. The van der Waals surface area contributed by atoms with Crippen LogP contribution in [0, 0.1) is 11.8 Å². The van der Waals surface area contributed by atoms with Gasteiger partial charge in [0, 0.05) is 19.0 Å². The summed E-state index contributed by atoms with van der Waals surface area (Å²) in [5.41, 5.74) is -0.477. The predicted octanol–water partition coefficient (Wildman–Crippen LogP) is 2.05. The fourth-order valence-electron chi connectivity index (χ4n) is 1.77. The lowest BCUT2D eigenvalue weighted by atomic mass is 9.87. The van der Waals surface area contributed by atoms with E-state index in [9.17, 15) is 9.59 Å². The van der Waals surface area contributed by atoms with E-state index >= 15 is 0 Å². The second-order valence-electron chi connectivity index (χ2n) is 5.69. The molecule has 18 heavy (non-hydrogen) atoms. The number of hydrogen-bond donors (Lipinski definition) is 0. The van der Waals surface area contributed by atoms with Crippen LogP contribution >= 0.6 is 0 Å². The van der Waals surface area contributed by atoms with E-state index in [1.807, 2.05) is 27.7 Å². The van der Waals surface area contributed by atoms with Crippen molar-refractivity contribution in [1.82, 2.24) is 4.90 Å². The molecule has 5 nitrogen and oxygen atoms in total. The molecule has 0 aromatic carbocycles. The standard InChI is InChI=1S/C13H23NO4/c1-6-17-11(15)9(2)10-7-14(8-10)12(16)18-13(3,4)5/h9-10H,6-8H2,1-5H3/t9-/m1/s1.